The molecule has 9 nitrogen and oxygen atoms in total. The van der Waals surface area contributed by atoms with E-state index >= 15 is 0 Å². The van der Waals surface area contributed by atoms with Crippen LogP contribution in [0.5, 0.6) is 5.75 Å². The van der Waals surface area contributed by atoms with Crippen LogP contribution in [0, 0.1) is 0 Å². The van der Waals surface area contributed by atoms with Crippen LogP contribution in [0.3, 0.4) is 0 Å². The Morgan fingerprint density at radius 3 is 2.32 bits per heavy atom. The largest absolute Gasteiger partial charge is 0.496 e. The van der Waals surface area contributed by atoms with Crippen LogP contribution in [0.2, 0.25) is 10.0 Å². The Morgan fingerprint density at radius 2 is 1.66 bits per heavy atom. The Bertz CT molecular complexity index is 1440. The molecule has 0 saturated carbocycles. The molecule has 1 N–H and O–H groups in total. The molecule has 1 atom stereocenters. The van der Waals surface area contributed by atoms with E-state index in [-0.39, 0.29) is 35.1 Å². The SMILES string of the molecule is COc1ccc(Cl)cc1C=C1CN2C(=O)CC2(S(=O)(=O)c2ccc(Cl)cc2)C1=O.O=C1CCNC(=O)CC1. The van der Waals surface area contributed by atoms with E-state index < -0.39 is 26.4 Å². The molecule has 12 heteroatoms. The van der Waals surface area contributed by atoms with E-state index in [4.69, 9.17) is 27.9 Å². The number of sulfone groups is 1. The van der Waals surface area contributed by atoms with Crippen molar-refractivity contribution >= 4 is 62.5 Å². The van der Waals surface area contributed by atoms with E-state index in [1.807, 2.05) is 0 Å². The maximum absolute atomic E-state index is 13.3. The summed E-state index contributed by atoms with van der Waals surface area (Å²) in [5.41, 5.74) is 0.728. The molecule has 2 aromatic rings. The number of β-lactam (4-membered cyclic amide) rings is 1. The van der Waals surface area contributed by atoms with E-state index in [1.165, 1.54) is 37.5 Å². The average Bonchev–Trinajstić information content (AvgIpc) is 2.96. The zero-order valence-corrected chi connectivity index (χ0v) is 22.7. The van der Waals surface area contributed by atoms with Crippen molar-refractivity contribution in [1.82, 2.24) is 10.2 Å². The number of carbonyl (C=O) groups excluding carboxylic acids is 4. The fraction of sp³-hybridized carbons (Fsp3) is 0.308. The van der Waals surface area contributed by atoms with Crippen LogP contribution in [0.25, 0.3) is 6.08 Å². The van der Waals surface area contributed by atoms with Gasteiger partial charge in [-0.2, -0.15) is 0 Å². The Morgan fingerprint density at radius 1 is 0.974 bits per heavy atom. The van der Waals surface area contributed by atoms with E-state index in [2.05, 4.69) is 5.32 Å². The van der Waals surface area contributed by atoms with Gasteiger partial charge >= 0.3 is 0 Å². The fourth-order valence-corrected chi connectivity index (χ4v) is 6.85. The second-order valence-electron chi connectivity index (χ2n) is 8.92. The van der Waals surface area contributed by atoms with Crippen LogP contribution in [0.15, 0.2) is 52.9 Å². The van der Waals surface area contributed by atoms with Crippen LogP contribution in [-0.2, 0) is 29.0 Å². The minimum absolute atomic E-state index is 0.000787. The van der Waals surface area contributed by atoms with Gasteiger partial charge in [0, 0.05) is 47.0 Å². The second-order valence-corrected chi connectivity index (χ2v) is 11.9. The summed E-state index contributed by atoms with van der Waals surface area (Å²) in [7, 11) is -2.67. The lowest BCUT2D eigenvalue weighted by molar-refractivity contribution is -0.150. The van der Waals surface area contributed by atoms with Crippen molar-refractivity contribution in [2.75, 3.05) is 20.2 Å². The summed E-state index contributed by atoms with van der Waals surface area (Å²) in [5, 5.41) is 3.42. The number of rotatable bonds is 4. The smallest absolute Gasteiger partial charge is 0.228 e. The third kappa shape index (κ3) is 5.08. The average molecular weight is 579 g/mol. The summed E-state index contributed by atoms with van der Waals surface area (Å²) >= 11 is 11.9. The van der Waals surface area contributed by atoms with Crippen molar-refractivity contribution in [3.63, 3.8) is 0 Å². The highest BCUT2D eigenvalue weighted by molar-refractivity contribution is 7.93. The van der Waals surface area contributed by atoms with Crippen molar-refractivity contribution in [1.29, 1.82) is 0 Å². The van der Waals surface area contributed by atoms with Gasteiger partial charge in [0.15, 0.2) is 0 Å². The molecule has 0 bridgehead atoms. The van der Waals surface area contributed by atoms with Crippen molar-refractivity contribution in [3.05, 3.63) is 63.6 Å². The van der Waals surface area contributed by atoms with Gasteiger partial charge in [-0.15, -0.1) is 0 Å². The highest BCUT2D eigenvalue weighted by atomic mass is 35.5. The Labute approximate surface area is 229 Å². The maximum Gasteiger partial charge on any atom is 0.228 e. The summed E-state index contributed by atoms with van der Waals surface area (Å²) in [5.74, 6) is -0.342. The number of ketones is 2. The first kappa shape index (κ1) is 27.8. The van der Waals surface area contributed by atoms with Gasteiger partial charge in [0.2, 0.25) is 32.3 Å². The molecular formula is C26H24Cl2N2O7S. The monoisotopic (exact) mass is 578 g/mol. The van der Waals surface area contributed by atoms with Gasteiger partial charge in [0.05, 0.1) is 25.0 Å². The van der Waals surface area contributed by atoms with Crippen molar-refractivity contribution < 1.29 is 32.3 Å². The molecule has 2 amide bonds. The maximum atomic E-state index is 13.3. The zero-order valence-electron chi connectivity index (χ0n) is 20.3. The van der Waals surface area contributed by atoms with Crippen LogP contribution < -0.4 is 10.1 Å². The van der Waals surface area contributed by atoms with Crippen LogP contribution >= 0.6 is 23.2 Å². The third-order valence-electron chi connectivity index (χ3n) is 6.55. The Kier molecular flexibility index (Phi) is 7.96. The summed E-state index contributed by atoms with van der Waals surface area (Å²) in [6.45, 7) is 0.428. The molecule has 2 aromatic carbocycles. The topological polar surface area (TPSA) is 127 Å². The van der Waals surface area contributed by atoms with E-state index in [0.29, 0.717) is 47.2 Å². The second kappa shape index (κ2) is 10.9. The van der Waals surface area contributed by atoms with Crippen molar-refractivity contribution in [2.45, 2.75) is 35.4 Å². The number of hydrogen-bond acceptors (Lipinski definition) is 7. The molecule has 3 aliphatic heterocycles. The predicted octanol–water partition coefficient (Wildman–Crippen LogP) is 3.23. The van der Waals surface area contributed by atoms with Gasteiger partial charge in [-0.25, -0.2) is 8.42 Å². The van der Waals surface area contributed by atoms with Crippen LogP contribution in [0.4, 0.5) is 0 Å². The molecule has 0 aromatic heterocycles. The highest BCUT2D eigenvalue weighted by Gasteiger charge is 2.69. The molecule has 1 unspecified atom stereocenters. The van der Waals surface area contributed by atoms with E-state index in [1.54, 1.807) is 18.2 Å². The number of methoxy groups -OCH3 is 1. The van der Waals surface area contributed by atoms with Gasteiger partial charge in [-0.1, -0.05) is 23.2 Å². The molecule has 5 rings (SSSR count). The molecular weight excluding hydrogens is 555 g/mol. The quantitative estimate of drug-likeness (QED) is 0.435. The number of halogens is 2. The highest BCUT2D eigenvalue weighted by Crippen LogP contribution is 2.48. The molecule has 3 heterocycles. The first-order valence-corrected chi connectivity index (χ1v) is 13.9. The first-order valence-electron chi connectivity index (χ1n) is 11.7. The first-order chi connectivity index (χ1) is 18.0. The number of nitrogens with one attached hydrogen (secondary N) is 1. The molecule has 3 saturated heterocycles. The standard InChI is InChI=1S/C20H15Cl2NO5S.C6H9NO2/c1-28-17-7-4-15(22)9-12(17)8-13-11-23-18(24)10-20(23,19(13)25)29(26,27)16-5-2-14(21)3-6-16;8-5-1-2-6(9)7-4-3-5/h2-9H,10-11H2,1H3;1-4H2,(H,7,9). The van der Waals surface area contributed by atoms with Crippen molar-refractivity contribution in [2.24, 2.45) is 0 Å². The number of amides is 2. The number of fused-ring (bicyclic) bond motifs is 1. The van der Waals surface area contributed by atoms with E-state index in [0.717, 1.165) is 4.90 Å². The van der Waals surface area contributed by atoms with Gasteiger partial charge in [0.1, 0.15) is 11.5 Å². The third-order valence-corrected chi connectivity index (χ3v) is 9.37. The minimum atomic E-state index is -4.15. The van der Waals surface area contributed by atoms with E-state index in [9.17, 15) is 27.6 Å². The lowest BCUT2D eigenvalue weighted by atomic mass is 9.99. The lowest BCUT2D eigenvalue weighted by Gasteiger charge is -2.44. The number of hydrogen-bond donors (Lipinski definition) is 1. The van der Waals surface area contributed by atoms with Crippen molar-refractivity contribution in [3.8, 4) is 5.75 Å². The van der Waals surface area contributed by atoms with Gasteiger partial charge in [-0.3, -0.25) is 19.2 Å². The number of ether oxygens (including phenoxy) is 1. The molecule has 3 aliphatic rings. The van der Waals surface area contributed by atoms with Crippen LogP contribution in [0.1, 0.15) is 31.2 Å². The van der Waals surface area contributed by atoms with Gasteiger partial charge in [0.25, 0.3) is 0 Å². The normalized spacial score (nSPS) is 22.2. The van der Waals surface area contributed by atoms with Crippen LogP contribution in [-0.4, -0.2) is 61.8 Å². The molecule has 3 fully saturated rings. The Hall–Kier alpha value is -3.21. The predicted molar refractivity (Wildman–Crippen MR) is 141 cm³/mol. The lowest BCUT2D eigenvalue weighted by Crippen LogP contribution is -2.67. The minimum Gasteiger partial charge on any atom is -0.496 e. The van der Waals surface area contributed by atoms with Gasteiger partial charge < -0.3 is 15.0 Å². The molecule has 0 radical (unpaired) electrons. The molecule has 0 aliphatic carbocycles. The fourth-order valence-electron chi connectivity index (χ4n) is 4.51. The number of Topliss-reactive ketones (excluding diaryl/α,β-unsaturated/α-hetero) is 2. The van der Waals surface area contributed by atoms with Gasteiger partial charge in [-0.05, 0) is 48.5 Å². The zero-order chi connectivity index (χ0) is 27.7. The Balaban J connectivity index is 0.000000317. The summed E-state index contributed by atoms with van der Waals surface area (Å²) < 4.78 is 31.9. The number of carbonyl (C=O) groups is 4. The number of benzene rings is 2. The summed E-state index contributed by atoms with van der Waals surface area (Å²) in [6.07, 6.45) is 2.44. The molecule has 0 spiro atoms. The molecule has 38 heavy (non-hydrogen) atoms. The summed E-state index contributed by atoms with van der Waals surface area (Å²) in [6, 6.07) is 10.4. The summed E-state index contributed by atoms with van der Waals surface area (Å²) in [4.78, 5) is 45.8. The number of nitrogens with zero attached hydrogens (tertiary/aromatic N) is 1. The molecule has 200 valence electrons.